The van der Waals surface area contributed by atoms with Gasteiger partial charge in [-0.1, -0.05) is 41.9 Å². The van der Waals surface area contributed by atoms with E-state index in [1.165, 1.54) is 6.08 Å². The fraction of sp³-hybridized carbons (Fsp3) is 0.318. The van der Waals surface area contributed by atoms with Crippen LogP contribution in [-0.4, -0.2) is 37.0 Å². The number of likely N-dealkylation sites (tertiary alicyclic amines) is 1. The first-order valence-electron chi connectivity index (χ1n) is 9.25. The maximum Gasteiger partial charge on any atom is 0.244 e. The molecule has 3 rings (SSSR count). The Hall–Kier alpha value is -2.30. The van der Waals surface area contributed by atoms with Crippen molar-refractivity contribution in [3.8, 4) is 5.75 Å². The van der Waals surface area contributed by atoms with Crippen LogP contribution in [0.1, 0.15) is 24.0 Å². The summed E-state index contributed by atoms with van der Waals surface area (Å²) in [7, 11) is 2.14. The van der Waals surface area contributed by atoms with Crippen LogP contribution in [0.3, 0.4) is 0 Å². The zero-order valence-corrected chi connectivity index (χ0v) is 16.3. The molecule has 0 bridgehead atoms. The number of carbonyl (C=O) groups is 1. The number of rotatable bonds is 6. The van der Waals surface area contributed by atoms with Gasteiger partial charge in [0.05, 0.1) is 0 Å². The highest BCUT2D eigenvalue weighted by Crippen LogP contribution is 2.19. The number of piperidine rings is 1. The molecule has 1 aliphatic rings. The Labute approximate surface area is 165 Å². The minimum atomic E-state index is -0.151. The third kappa shape index (κ3) is 6.12. The highest BCUT2D eigenvalue weighted by Gasteiger charge is 2.17. The van der Waals surface area contributed by atoms with Crippen molar-refractivity contribution in [2.75, 3.05) is 20.1 Å². The number of nitrogens with zero attached hydrogens (tertiary/aromatic N) is 1. The molecule has 4 nitrogen and oxygen atoms in total. The van der Waals surface area contributed by atoms with Crippen LogP contribution in [0.2, 0.25) is 5.02 Å². The van der Waals surface area contributed by atoms with Crippen LogP contribution in [0.25, 0.3) is 6.08 Å². The van der Waals surface area contributed by atoms with Gasteiger partial charge in [0, 0.05) is 30.7 Å². The fourth-order valence-corrected chi connectivity index (χ4v) is 3.20. The summed E-state index contributed by atoms with van der Waals surface area (Å²) in [5.74, 6) is 0.736. The molecule has 1 fully saturated rings. The van der Waals surface area contributed by atoms with Crippen LogP contribution in [0.4, 0.5) is 0 Å². The van der Waals surface area contributed by atoms with Gasteiger partial charge in [-0.3, -0.25) is 4.79 Å². The molecule has 1 N–H and O–H groups in total. The third-order valence-electron chi connectivity index (χ3n) is 4.68. The Morgan fingerprint density at radius 2 is 1.89 bits per heavy atom. The van der Waals surface area contributed by atoms with Crippen LogP contribution in [-0.2, 0) is 11.3 Å². The predicted octanol–water partition coefficient (Wildman–Crippen LogP) is 4.14. The number of hydrogen-bond donors (Lipinski definition) is 1. The lowest BCUT2D eigenvalue weighted by atomic mass is 10.1. The van der Waals surface area contributed by atoms with Crippen molar-refractivity contribution < 1.29 is 9.53 Å². The summed E-state index contributed by atoms with van der Waals surface area (Å²) >= 11 is 6.08. The van der Waals surface area contributed by atoms with Gasteiger partial charge in [-0.05, 0) is 55.3 Å². The standard InChI is InChI=1S/C22H25ClN2O2/c1-25-14-12-20(13-15-25)27-19-9-6-17(7-10-19)16-24-22(26)11-8-18-4-2-3-5-21(18)23/h2-11,20H,12-16H2,1H3,(H,24,26)/b11-8+. The summed E-state index contributed by atoms with van der Waals surface area (Å²) in [5.41, 5.74) is 1.86. The van der Waals surface area contributed by atoms with Crippen molar-refractivity contribution in [3.63, 3.8) is 0 Å². The molecular weight excluding hydrogens is 360 g/mol. The van der Waals surface area contributed by atoms with Crippen molar-refractivity contribution in [2.45, 2.75) is 25.5 Å². The Bertz CT molecular complexity index is 781. The molecule has 142 valence electrons. The topological polar surface area (TPSA) is 41.6 Å². The molecule has 0 atom stereocenters. The molecule has 0 aliphatic carbocycles. The Balaban J connectivity index is 1.45. The summed E-state index contributed by atoms with van der Waals surface area (Å²) in [6, 6.07) is 15.3. The molecule has 0 unspecified atom stereocenters. The average Bonchev–Trinajstić information content (AvgIpc) is 2.68. The van der Waals surface area contributed by atoms with E-state index in [1.807, 2.05) is 42.5 Å². The number of nitrogens with one attached hydrogen (secondary N) is 1. The second-order valence-electron chi connectivity index (χ2n) is 6.84. The van der Waals surface area contributed by atoms with E-state index in [9.17, 15) is 4.79 Å². The van der Waals surface area contributed by atoms with E-state index < -0.39 is 0 Å². The Kier molecular flexibility index (Phi) is 6.91. The van der Waals surface area contributed by atoms with Gasteiger partial charge in [-0.25, -0.2) is 0 Å². The van der Waals surface area contributed by atoms with E-state index in [4.69, 9.17) is 16.3 Å². The largest absolute Gasteiger partial charge is 0.490 e. The van der Waals surface area contributed by atoms with E-state index in [1.54, 1.807) is 12.1 Å². The molecule has 1 saturated heterocycles. The summed E-state index contributed by atoms with van der Waals surface area (Å²) in [4.78, 5) is 14.3. The van der Waals surface area contributed by atoms with Crippen molar-refractivity contribution in [1.29, 1.82) is 0 Å². The first-order chi connectivity index (χ1) is 13.1. The summed E-state index contributed by atoms with van der Waals surface area (Å²) in [6.45, 7) is 2.63. The maximum atomic E-state index is 12.0. The first kappa shape index (κ1) is 19.5. The lowest BCUT2D eigenvalue weighted by Gasteiger charge is -2.29. The van der Waals surface area contributed by atoms with Crippen molar-refractivity contribution in [1.82, 2.24) is 10.2 Å². The molecular formula is C22H25ClN2O2. The van der Waals surface area contributed by atoms with Crippen molar-refractivity contribution in [3.05, 3.63) is 70.8 Å². The molecule has 1 amide bonds. The Morgan fingerprint density at radius 3 is 2.59 bits per heavy atom. The SMILES string of the molecule is CN1CCC(Oc2ccc(CNC(=O)/C=C/c3ccccc3Cl)cc2)CC1. The molecule has 1 aliphatic heterocycles. The number of ether oxygens (including phenoxy) is 1. The number of halogens is 1. The van der Waals surface area contributed by atoms with Gasteiger partial charge in [-0.15, -0.1) is 0 Å². The average molecular weight is 385 g/mol. The van der Waals surface area contributed by atoms with Crippen LogP contribution < -0.4 is 10.1 Å². The van der Waals surface area contributed by atoms with Gasteiger partial charge >= 0.3 is 0 Å². The lowest BCUT2D eigenvalue weighted by molar-refractivity contribution is -0.116. The third-order valence-corrected chi connectivity index (χ3v) is 5.02. The lowest BCUT2D eigenvalue weighted by Crippen LogP contribution is -2.35. The molecule has 5 heteroatoms. The molecule has 0 radical (unpaired) electrons. The fourth-order valence-electron chi connectivity index (χ4n) is 3.00. The number of carbonyl (C=O) groups excluding carboxylic acids is 1. The zero-order chi connectivity index (χ0) is 19.1. The molecule has 0 aromatic heterocycles. The molecule has 27 heavy (non-hydrogen) atoms. The quantitative estimate of drug-likeness (QED) is 0.761. The summed E-state index contributed by atoms with van der Waals surface area (Å²) < 4.78 is 6.05. The molecule has 0 spiro atoms. The smallest absolute Gasteiger partial charge is 0.244 e. The monoisotopic (exact) mass is 384 g/mol. The Morgan fingerprint density at radius 1 is 1.19 bits per heavy atom. The normalized spacial score (nSPS) is 15.8. The minimum Gasteiger partial charge on any atom is -0.490 e. The highest BCUT2D eigenvalue weighted by atomic mass is 35.5. The van der Waals surface area contributed by atoms with Crippen LogP contribution in [0.5, 0.6) is 5.75 Å². The van der Waals surface area contributed by atoms with Crippen LogP contribution in [0, 0.1) is 0 Å². The molecule has 1 heterocycles. The first-order valence-corrected chi connectivity index (χ1v) is 9.62. The van der Waals surface area contributed by atoms with E-state index >= 15 is 0 Å². The van der Waals surface area contributed by atoms with E-state index in [-0.39, 0.29) is 5.91 Å². The molecule has 0 saturated carbocycles. The van der Waals surface area contributed by atoms with E-state index in [0.717, 1.165) is 42.8 Å². The van der Waals surface area contributed by atoms with Gasteiger partial charge in [0.15, 0.2) is 0 Å². The zero-order valence-electron chi connectivity index (χ0n) is 15.5. The van der Waals surface area contributed by atoms with Gasteiger partial charge < -0.3 is 15.0 Å². The minimum absolute atomic E-state index is 0.151. The number of hydrogen-bond acceptors (Lipinski definition) is 3. The molecule has 2 aromatic carbocycles. The predicted molar refractivity (Wildman–Crippen MR) is 110 cm³/mol. The van der Waals surface area contributed by atoms with Gasteiger partial charge in [0.2, 0.25) is 5.91 Å². The maximum absolute atomic E-state index is 12.0. The van der Waals surface area contributed by atoms with Crippen LogP contribution in [0.15, 0.2) is 54.6 Å². The number of amides is 1. The van der Waals surface area contributed by atoms with Crippen molar-refractivity contribution >= 4 is 23.6 Å². The van der Waals surface area contributed by atoms with Crippen LogP contribution >= 0.6 is 11.6 Å². The second-order valence-corrected chi connectivity index (χ2v) is 7.24. The van der Waals surface area contributed by atoms with E-state index in [2.05, 4.69) is 17.3 Å². The van der Waals surface area contributed by atoms with Gasteiger partial charge in [-0.2, -0.15) is 0 Å². The van der Waals surface area contributed by atoms with Gasteiger partial charge in [0.1, 0.15) is 11.9 Å². The summed E-state index contributed by atoms with van der Waals surface area (Å²) in [5, 5.41) is 3.51. The number of benzene rings is 2. The molecule has 2 aromatic rings. The van der Waals surface area contributed by atoms with E-state index in [0.29, 0.717) is 17.7 Å². The van der Waals surface area contributed by atoms with Crippen molar-refractivity contribution in [2.24, 2.45) is 0 Å². The highest BCUT2D eigenvalue weighted by molar-refractivity contribution is 6.32. The summed E-state index contributed by atoms with van der Waals surface area (Å²) in [6.07, 6.45) is 5.63. The second kappa shape index (κ2) is 9.58. The van der Waals surface area contributed by atoms with Gasteiger partial charge in [0.25, 0.3) is 0 Å².